The molecule has 2 heterocycles. The molecule has 0 N–H and O–H groups in total. The van der Waals surface area contributed by atoms with Gasteiger partial charge in [-0.05, 0) is 28.7 Å². The van der Waals surface area contributed by atoms with Crippen molar-refractivity contribution in [3.8, 4) is 0 Å². The van der Waals surface area contributed by atoms with Gasteiger partial charge in [0, 0.05) is 25.7 Å². The van der Waals surface area contributed by atoms with Gasteiger partial charge in [-0.2, -0.15) is 4.57 Å². The number of imidazole rings is 1. The van der Waals surface area contributed by atoms with Gasteiger partial charge in [-0.15, -0.1) is 0 Å². The Hall–Kier alpha value is -3.30. The maximum Gasteiger partial charge on any atom is 0.347 e. The average molecular weight is 398 g/mol. The molecule has 0 atom stereocenters. The number of benzene rings is 1. The molecule has 0 bridgehead atoms. The van der Waals surface area contributed by atoms with Crippen LogP contribution in [0.15, 0.2) is 37.0 Å². The van der Waals surface area contributed by atoms with Crippen LogP contribution < -0.4 is 0 Å². The number of hydrogen-bond donors (Lipinski definition) is 0. The van der Waals surface area contributed by atoms with E-state index in [0.717, 1.165) is 18.7 Å². The molecule has 1 aliphatic heterocycles. The van der Waals surface area contributed by atoms with Crippen molar-refractivity contribution >= 4 is 30.1 Å². The van der Waals surface area contributed by atoms with E-state index < -0.39 is 4.92 Å². The van der Waals surface area contributed by atoms with E-state index in [0.29, 0.717) is 37.8 Å². The maximum absolute atomic E-state index is 12.2. The normalized spacial score (nSPS) is 14.8. The molecule has 0 saturated carbocycles. The van der Waals surface area contributed by atoms with Gasteiger partial charge >= 0.3 is 11.8 Å². The molecule has 3 rings (SSSR count). The van der Waals surface area contributed by atoms with Gasteiger partial charge in [0.2, 0.25) is 5.82 Å². The van der Waals surface area contributed by atoms with Crippen molar-refractivity contribution in [3.05, 3.63) is 64.1 Å². The average Bonchev–Trinajstić information content (AvgIpc) is 3.16. The Bertz CT molecular complexity index is 898. The third-order valence-corrected chi connectivity index (χ3v) is 4.49. The van der Waals surface area contributed by atoms with E-state index in [-0.39, 0.29) is 11.8 Å². The maximum atomic E-state index is 12.2. The molecule has 9 heteroatoms. The zero-order valence-corrected chi connectivity index (χ0v) is 15.9. The van der Waals surface area contributed by atoms with E-state index >= 15 is 0 Å². The summed E-state index contributed by atoms with van der Waals surface area (Å²) in [6, 6.07) is 6.90. The molecular weight excluding hydrogens is 376 g/mol. The summed E-state index contributed by atoms with van der Waals surface area (Å²) in [4.78, 5) is 28.8. The van der Waals surface area contributed by atoms with Gasteiger partial charge in [0.1, 0.15) is 12.8 Å². The number of rotatable bonds is 8. The molecule has 2 aromatic rings. The predicted octanol–water partition coefficient (Wildman–Crippen LogP) is 2.55. The fourth-order valence-corrected chi connectivity index (χ4v) is 2.89. The van der Waals surface area contributed by atoms with E-state index in [1.54, 1.807) is 36.4 Å². The van der Waals surface area contributed by atoms with Gasteiger partial charge in [-0.1, -0.05) is 18.7 Å². The van der Waals surface area contributed by atoms with Crippen molar-refractivity contribution < 1.29 is 19.2 Å². The Morgan fingerprint density at radius 3 is 2.66 bits per heavy atom. The van der Waals surface area contributed by atoms with Crippen molar-refractivity contribution in [2.24, 2.45) is 0 Å². The molecule has 1 aromatic carbocycles. The summed E-state index contributed by atoms with van der Waals surface area (Å²) < 4.78 is 11.9. The van der Waals surface area contributed by atoms with Crippen LogP contribution in [0.1, 0.15) is 21.7 Å². The monoisotopic (exact) mass is 398 g/mol. The number of ether oxygens (including phenoxy) is 2. The highest BCUT2D eigenvalue weighted by atomic mass is 16.6. The summed E-state index contributed by atoms with van der Waals surface area (Å²) in [6.07, 6.45) is 5.90. The largest absolute Gasteiger partial charge is 0.461 e. The quantitative estimate of drug-likeness (QED) is 0.383. The molecule has 0 radical (unpaired) electrons. The Morgan fingerprint density at radius 1 is 1.28 bits per heavy atom. The number of carbonyl (C=O) groups is 1. The first-order valence-electron chi connectivity index (χ1n) is 9.18. The number of esters is 1. The van der Waals surface area contributed by atoms with Gasteiger partial charge in [0.25, 0.3) is 0 Å². The Kier molecular flexibility index (Phi) is 6.88. The molecule has 0 amide bonds. The highest BCUT2D eigenvalue weighted by molar-refractivity contribution is 5.89. The van der Waals surface area contributed by atoms with E-state index in [4.69, 9.17) is 9.47 Å². The van der Waals surface area contributed by atoms with E-state index in [2.05, 4.69) is 16.5 Å². The van der Waals surface area contributed by atoms with Gasteiger partial charge < -0.3 is 19.6 Å². The summed E-state index contributed by atoms with van der Waals surface area (Å²) in [7, 11) is 0. The second kappa shape index (κ2) is 9.76. The van der Waals surface area contributed by atoms with Gasteiger partial charge in [-0.25, -0.2) is 9.78 Å². The van der Waals surface area contributed by atoms with Crippen LogP contribution in [0.25, 0.3) is 18.4 Å². The molecule has 29 heavy (non-hydrogen) atoms. The highest BCUT2D eigenvalue weighted by Crippen LogP contribution is 2.17. The molecule has 0 unspecified atom stereocenters. The molecule has 1 aromatic heterocycles. The van der Waals surface area contributed by atoms with E-state index in [1.165, 1.54) is 17.0 Å². The Balaban J connectivity index is 1.55. The first kappa shape index (κ1) is 20.4. The van der Waals surface area contributed by atoms with Crippen LogP contribution >= 0.6 is 0 Å². The number of aromatic nitrogens is 2. The first-order valence-corrected chi connectivity index (χ1v) is 9.18. The fraction of sp³-hybridized carbons (Fsp3) is 0.300. The van der Waals surface area contributed by atoms with Crippen molar-refractivity contribution in [2.45, 2.75) is 0 Å². The molecule has 1 fully saturated rings. The Labute approximate surface area is 168 Å². The van der Waals surface area contributed by atoms with Gasteiger partial charge in [0.15, 0.2) is 0 Å². The van der Waals surface area contributed by atoms with Crippen molar-refractivity contribution in [2.75, 3.05) is 39.5 Å². The highest BCUT2D eigenvalue weighted by Gasteiger charge is 2.16. The molecule has 1 aliphatic rings. The minimum atomic E-state index is -0.522. The molecular formula is C20H22N4O5. The number of carbonyl (C=O) groups excluding carboxylic acids is 1. The summed E-state index contributed by atoms with van der Waals surface area (Å²) in [5.41, 5.74) is 1.28. The summed E-state index contributed by atoms with van der Waals surface area (Å²) in [6.45, 7) is 7.73. The van der Waals surface area contributed by atoms with Crippen LogP contribution in [0, 0.1) is 10.1 Å². The number of morpholine rings is 1. The standard InChI is InChI=1S/C20H22N4O5/c1-2-23-18(21-15-19(23)24(26)27)8-5-16-3-6-17(7-4-16)20(25)29-14-11-22-9-12-28-13-10-22/h2-8,15H,1,9-14H2/b8-5-. The van der Waals surface area contributed by atoms with Crippen LogP contribution in [0.5, 0.6) is 0 Å². The second-order valence-electron chi connectivity index (χ2n) is 6.33. The lowest BCUT2D eigenvalue weighted by Gasteiger charge is -2.26. The predicted molar refractivity (Wildman–Crippen MR) is 108 cm³/mol. The van der Waals surface area contributed by atoms with Gasteiger partial charge in [-0.3, -0.25) is 4.90 Å². The SMILES string of the molecule is C=Cn1c([N+](=O)[O-])cnc1/C=C\c1ccc(C(=O)OCCN2CCOCC2)cc1. The molecule has 0 spiro atoms. The fourth-order valence-electron chi connectivity index (χ4n) is 2.89. The topological polar surface area (TPSA) is 99.7 Å². The van der Waals surface area contributed by atoms with E-state index in [9.17, 15) is 14.9 Å². The van der Waals surface area contributed by atoms with Crippen LogP contribution in [-0.4, -0.2) is 64.8 Å². The van der Waals surface area contributed by atoms with Crippen LogP contribution in [-0.2, 0) is 9.47 Å². The summed E-state index contributed by atoms with van der Waals surface area (Å²) in [5, 5.41) is 11.0. The first-order chi connectivity index (χ1) is 14.1. The lowest BCUT2D eigenvalue weighted by molar-refractivity contribution is -0.390. The van der Waals surface area contributed by atoms with E-state index in [1.807, 2.05) is 0 Å². The molecule has 0 aliphatic carbocycles. The zero-order valence-electron chi connectivity index (χ0n) is 15.9. The van der Waals surface area contributed by atoms with Crippen LogP contribution in [0.4, 0.5) is 5.82 Å². The van der Waals surface area contributed by atoms with Crippen LogP contribution in [0.3, 0.4) is 0 Å². The van der Waals surface area contributed by atoms with Crippen LogP contribution in [0.2, 0.25) is 0 Å². The lowest BCUT2D eigenvalue weighted by Crippen LogP contribution is -2.38. The molecule has 1 saturated heterocycles. The minimum absolute atomic E-state index is 0.158. The third-order valence-electron chi connectivity index (χ3n) is 4.49. The number of nitro groups is 1. The van der Waals surface area contributed by atoms with Gasteiger partial charge in [0.05, 0.1) is 25.0 Å². The smallest absolute Gasteiger partial charge is 0.347 e. The summed E-state index contributed by atoms with van der Waals surface area (Å²) in [5.74, 6) is -0.139. The minimum Gasteiger partial charge on any atom is -0.461 e. The number of hydrogen-bond acceptors (Lipinski definition) is 7. The van der Waals surface area contributed by atoms with Crippen molar-refractivity contribution in [3.63, 3.8) is 0 Å². The summed E-state index contributed by atoms with van der Waals surface area (Å²) >= 11 is 0. The van der Waals surface area contributed by atoms with Crippen molar-refractivity contribution in [1.29, 1.82) is 0 Å². The molecule has 9 nitrogen and oxygen atoms in total. The second-order valence-corrected chi connectivity index (χ2v) is 6.33. The Morgan fingerprint density at radius 2 is 2.00 bits per heavy atom. The zero-order chi connectivity index (χ0) is 20.6. The number of nitrogens with zero attached hydrogens (tertiary/aromatic N) is 4. The molecule has 152 valence electrons. The lowest BCUT2D eigenvalue weighted by atomic mass is 10.1. The van der Waals surface area contributed by atoms with Crippen molar-refractivity contribution in [1.82, 2.24) is 14.5 Å². The third kappa shape index (κ3) is 5.37.